The fourth-order valence-electron chi connectivity index (χ4n) is 3.26. The first-order chi connectivity index (χ1) is 10.3. The van der Waals surface area contributed by atoms with Crippen LogP contribution in [0, 0.1) is 5.92 Å². The fraction of sp³-hybridized carbons (Fsp3) is 0.778. The van der Waals surface area contributed by atoms with Crippen molar-refractivity contribution in [2.45, 2.75) is 58.5 Å². The van der Waals surface area contributed by atoms with Crippen molar-refractivity contribution in [2.75, 3.05) is 26.2 Å². The van der Waals surface area contributed by atoms with Crippen LogP contribution in [0.15, 0.2) is 23.8 Å². The predicted molar refractivity (Wildman–Crippen MR) is 88.3 cm³/mol. The molecule has 0 aromatic rings. The molecule has 0 saturated carbocycles. The Hall–Kier alpha value is -0.740. The molecule has 126 valence electrons. The summed E-state index contributed by atoms with van der Waals surface area (Å²) in [5.41, 5.74) is 1.31. The average molecular weight is 312 g/mol. The number of hydrogen-bond donors (Lipinski definition) is 0. The Kier molecular flexibility index (Phi) is 5.78. The Bertz CT molecular complexity index is 427. The first kappa shape index (κ1) is 17.6. The van der Waals surface area contributed by atoms with Gasteiger partial charge in [0.2, 0.25) is 0 Å². The number of nitrogens with zero attached hydrogens (tertiary/aromatic N) is 2. The van der Waals surface area contributed by atoms with Crippen molar-refractivity contribution in [3.63, 3.8) is 0 Å². The summed E-state index contributed by atoms with van der Waals surface area (Å²) >= 11 is 0. The molecule has 0 saturated heterocycles. The van der Waals surface area contributed by atoms with Gasteiger partial charge in [0.05, 0.1) is 6.54 Å². The summed E-state index contributed by atoms with van der Waals surface area (Å²) in [6.45, 7) is 10.9. The van der Waals surface area contributed by atoms with Gasteiger partial charge in [-0.25, -0.2) is 8.78 Å². The van der Waals surface area contributed by atoms with Crippen LogP contribution in [-0.4, -0.2) is 54.0 Å². The molecule has 0 N–H and O–H groups in total. The molecule has 0 aromatic heterocycles. The van der Waals surface area contributed by atoms with E-state index >= 15 is 0 Å². The van der Waals surface area contributed by atoms with E-state index in [4.69, 9.17) is 0 Å². The van der Waals surface area contributed by atoms with Gasteiger partial charge in [0.15, 0.2) is 0 Å². The molecule has 2 nitrogen and oxygen atoms in total. The van der Waals surface area contributed by atoms with Gasteiger partial charge in [0, 0.05) is 31.1 Å². The smallest absolute Gasteiger partial charge is 0.278 e. The maximum atomic E-state index is 13.9. The maximum Gasteiger partial charge on any atom is 0.278 e. The summed E-state index contributed by atoms with van der Waals surface area (Å²) in [5, 5.41) is 0. The lowest BCUT2D eigenvalue weighted by Crippen LogP contribution is -2.41. The lowest BCUT2D eigenvalue weighted by molar-refractivity contribution is 0.00705. The van der Waals surface area contributed by atoms with Gasteiger partial charge >= 0.3 is 0 Å². The number of alkyl halides is 2. The highest BCUT2D eigenvalue weighted by atomic mass is 19.3. The van der Waals surface area contributed by atoms with E-state index in [9.17, 15) is 8.78 Å². The van der Waals surface area contributed by atoms with Crippen molar-refractivity contribution in [2.24, 2.45) is 5.92 Å². The number of allylic oxidation sites excluding steroid dienone is 1. The Labute approximate surface area is 133 Å². The van der Waals surface area contributed by atoms with Gasteiger partial charge in [-0.1, -0.05) is 17.7 Å². The van der Waals surface area contributed by atoms with Crippen molar-refractivity contribution in [3.8, 4) is 0 Å². The summed E-state index contributed by atoms with van der Waals surface area (Å²) in [4.78, 5) is 4.37. The molecule has 0 spiro atoms. The van der Waals surface area contributed by atoms with E-state index < -0.39 is 5.92 Å². The van der Waals surface area contributed by atoms with Crippen molar-refractivity contribution in [1.82, 2.24) is 9.80 Å². The van der Waals surface area contributed by atoms with Crippen LogP contribution in [0.4, 0.5) is 8.78 Å². The van der Waals surface area contributed by atoms with Crippen molar-refractivity contribution in [1.29, 1.82) is 0 Å². The Morgan fingerprint density at radius 1 is 1.14 bits per heavy atom. The van der Waals surface area contributed by atoms with Gasteiger partial charge in [-0.3, -0.25) is 9.80 Å². The molecule has 2 heterocycles. The highest BCUT2D eigenvalue weighted by Crippen LogP contribution is 2.29. The van der Waals surface area contributed by atoms with Gasteiger partial charge in [-0.2, -0.15) is 0 Å². The third kappa shape index (κ3) is 4.63. The van der Waals surface area contributed by atoms with E-state index in [-0.39, 0.29) is 18.5 Å². The van der Waals surface area contributed by atoms with Gasteiger partial charge in [-0.05, 0) is 53.2 Å². The molecule has 2 aliphatic heterocycles. The largest absolute Gasteiger partial charge is 0.297 e. The van der Waals surface area contributed by atoms with Crippen molar-refractivity contribution in [3.05, 3.63) is 23.8 Å². The fourth-order valence-corrected chi connectivity index (χ4v) is 3.26. The highest BCUT2D eigenvalue weighted by Gasteiger charge is 2.34. The third-order valence-corrected chi connectivity index (χ3v) is 4.80. The zero-order valence-electron chi connectivity index (χ0n) is 14.4. The summed E-state index contributed by atoms with van der Waals surface area (Å²) in [6, 6.07) is 0.639. The Morgan fingerprint density at radius 2 is 1.82 bits per heavy atom. The van der Waals surface area contributed by atoms with Gasteiger partial charge in [-0.15, -0.1) is 0 Å². The number of rotatable bonds is 3. The van der Waals surface area contributed by atoms with Gasteiger partial charge in [0.1, 0.15) is 0 Å². The molecule has 1 atom stereocenters. The van der Waals surface area contributed by atoms with Crippen molar-refractivity contribution < 1.29 is 8.78 Å². The summed E-state index contributed by atoms with van der Waals surface area (Å²) < 4.78 is 27.9. The Morgan fingerprint density at radius 3 is 2.45 bits per heavy atom. The zero-order valence-corrected chi connectivity index (χ0v) is 14.4. The monoisotopic (exact) mass is 312 g/mol. The molecular weight excluding hydrogens is 282 g/mol. The van der Waals surface area contributed by atoms with E-state index in [0.29, 0.717) is 12.6 Å². The summed E-state index contributed by atoms with van der Waals surface area (Å²) in [5.74, 6) is -2.61. The number of hydrogen-bond acceptors (Lipinski definition) is 2. The van der Waals surface area contributed by atoms with E-state index in [2.05, 4.69) is 24.8 Å². The first-order valence-electron chi connectivity index (χ1n) is 8.52. The van der Waals surface area contributed by atoms with Crippen LogP contribution in [0.25, 0.3) is 0 Å². The first-order valence-corrected chi connectivity index (χ1v) is 8.52. The molecule has 1 unspecified atom stereocenters. The van der Waals surface area contributed by atoms with E-state index in [0.717, 1.165) is 32.0 Å². The molecule has 22 heavy (non-hydrogen) atoms. The minimum atomic E-state index is -2.72. The molecule has 0 fully saturated rings. The third-order valence-electron chi connectivity index (χ3n) is 4.80. The standard InChI is InChI=1S/C18H30F2N2/c1-14(2)21-10-6-5-7-16(11-21)17-8-9-18(19,20)13-22(12-17)15(3)4/h7-9,14-15,17H,5-6,10-13H2,1-4H3. The molecule has 0 radical (unpaired) electrons. The molecule has 0 aromatic carbocycles. The van der Waals surface area contributed by atoms with Crippen LogP contribution in [0.5, 0.6) is 0 Å². The van der Waals surface area contributed by atoms with Crippen molar-refractivity contribution >= 4 is 0 Å². The lowest BCUT2D eigenvalue weighted by atomic mass is 9.96. The predicted octanol–water partition coefficient (Wildman–Crippen LogP) is 3.95. The van der Waals surface area contributed by atoms with Crippen LogP contribution in [0.2, 0.25) is 0 Å². The van der Waals surface area contributed by atoms with Crippen LogP contribution in [0.1, 0.15) is 40.5 Å². The van der Waals surface area contributed by atoms with E-state index in [1.54, 1.807) is 6.08 Å². The Balaban J connectivity index is 2.19. The number of halogens is 2. The zero-order chi connectivity index (χ0) is 16.3. The maximum absolute atomic E-state index is 13.9. The van der Waals surface area contributed by atoms with Gasteiger partial charge in [0.25, 0.3) is 5.92 Å². The molecule has 4 heteroatoms. The quantitative estimate of drug-likeness (QED) is 0.728. The molecule has 2 aliphatic rings. The SMILES string of the molecule is CC(C)N1CCCC=C(C2C=CC(F)(F)CN(C(C)C)C2)C1. The molecule has 0 amide bonds. The summed E-state index contributed by atoms with van der Waals surface area (Å²) in [6.07, 6.45) is 7.38. The second-order valence-electron chi connectivity index (χ2n) is 7.24. The van der Waals surface area contributed by atoms with Crippen LogP contribution >= 0.6 is 0 Å². The molecule has 2 rings (SSSR count). The molecule has 0 bridgehead atoms. The second-order valence-corrected chi connectivity index (χ2v) is 7.24. The minimum Gasteiger partial charge on any atom is -0.297 e. The molecule has 0 aliphatic carbocycles. The minimum absolute atomic E-state index is 0.107. The average Bonchev–Trinajstić information content (AvgIpc) is 2.75. The van der Waals surface area contributed by atoms with Gasteiger partial charge < -0.3 is 0 Å². The normalized spacial score (nSPS) is 27.8. The van der Waals surface area contributed by atoms with Crippen LogP contribution in [-0.2, 0) is 0 Å². The lowest BCUT2D eigenvalue weighted by Gasteiger charge is -2.32. The topological polar surface area (TPSA) is 6.48 Å². The highest BCUT2D eigenvalue weighted by molar-refractivity contribution is 5.20. The van der Waals surface area contributed by atoms with E-state index in [1.165, 1.54) is 5.57 Å². The second kappa shape index (κ2) is 7.22. The summed E-state index contributed by atoms with van der Waals surface area (Å²) in [7, 11) is 0. The van der Waals surface area contributed by atoms with Crippen LogP contribution < -0.4 is 0 Å². The van der Waals surface area contributed by atoms with Crippen LogP contribution in [0.3, 0.4) is 0 Å². The van der Waals surface area contributed by atoms with E-state index in [1.807, 2.05) is 18.7 Å². The molecular formula is C18H30F2N2.